The van der Waals surface area contributed by atoms with Gasteiger partial charge in [0.1, 0.15) is 17.1 Å². The average Bonchev–Trinajstić information content (AvgIpc) is 3.22. The highest BCUT2D eigenvalue weighted by Gasteiger charge is 2.17. The summed E-state index contributed by atoms with van der Waals surface area (Å²) in [6.45, 7) is -0.0738. The number of halogens is 2. The van der Waals surface area contributed by atoms with Crippen LogP contribution in [-0.2, 0) is 17.9 Å². The zero-order chi connectivity index (χ0) is 21.3. The fourth-order valence-electron chi connectivity index (χ4n) is 3.09. The number of carbonyl (C=O) groups excluding carboxylic acids is 1. The van der Waals surface area contributed by atoms with Crippen molar-refractivity contribution in [3.05, 3.63) is 97.2 Å². The van der Waals surface area contributed by atoms with Crippen molar-refractivity contribution in [3.8, 4) is 5.69 Å². The summed E-state index contributed by atoms with van der Waals surface area (Å²) in [5, 5.41) is 4.94. The Labute approximate surface area is 178 Å². The molecule has 1 amide bonds. The molecule has 152 valence electrons. The molecule has 4 rings (SSSR count). The third kappa shape index (κ3) is 3.79. The van der Waals surface area contributed by atoms with Gasteiger partial charge in [0, 0.05) is 11.6 Å². The van der Waals surface area contributed by atoms with Gasteiger partial charge < -0.3 is 5.32 Å². The van der Waals surface area contributed by atoms with E-state index in [1.165, 1.54) is 40.2 Å². The third-order valence-electron chi connectivity index (χ3n) is 4.58. The number of hydrogen-bond acceptors (Lipinski definition) is 4. The van der Waals surface area contributed by atoms with E-state index < -0.39 is 23.0 Å². The van der Waals surface area contributed by atoms with Crippen LogP contribution in [0.1, 0.15) is 5.56 Å². The molecule has 4 aromatic rings. The second-order valence-corrected chi connectivity index (χ2v) is 7.81. The number of rotatable bonds is 5. The molecule has 0 aliphatic rings. The molecule has 0 aliphatic heterocycles. The number of aromatic nitrogens is 2. The summed E-state index contributed by atoms with van der Waals surface area (Å²) in [6, 6.07) is 13.8. The molecule has 9 heteroatoms. The summed E-state index contributed by atoms with van der Waals surface area (Å²) < 4.78 is 15.8. The third-order valence-corrected chi connectivity index (χ3v) is 5.84. The molecular weight excluding hydrogens is 429 g/mol. The molecule has 0 fully saturated rings. The van der Waals surface area contributed by atoms with Gasteiger partial charge in [-0.25, -0.2) is 13.8 Å². The summed E-state index contributed by atoms with van der Waals surface area (Å²) >= 11 is 7.28. The van der Waals surface area contributed by atoms with Gasteiger partial charge in [-0.05, 0) is 47.3 Å². The topological polar surface area (TPSA) is 73.1 Å². The molecule has 0 atom stereocenters. The first-order valence-electron chi connectivity index (χ1n) is 8.95. The van der Waals surface area contributed by atoms with Gasteiger partial charge in [0.05, 0.1) is 11.2 Å². The zero-order valence-electron chi connectivity index (χ0n) is 15.5. The second-order valence-electron chi connectivity index (χ2n) is 6.49. The molecule has 2 aromatic heterocycles. The molecule has 0 saturated heterocycles. The minimum Gasteiger partial charge on any atom is -0.350 e. The number of thiophene rings is 1. The smallest absolute Gasteiger partial charge is 0.336 e. The van der Waals surface area contributed by atoms with E-state index >= 15 is 0 Å². The first kappa shape index (κ1) is 20.1. The van der Waals surface area contributed by atoms with Gasteiger partial charge in [-0.3, -0.25) is 14.2 Å². The van der Waals surface area contributed by atoms with Gasteiger partial charge in [-0.2, -0.15) is 0 Å². The highest BCUT2D eigenvalue weighted by molar-refractivity contribution is 7.17. The molecule has 0 bridgehead atoms. The Morgan fingerprint density at radius 3 is 2.53 bits per heavy atom. The Bertz CT molecular complexity index is 1360. The Kier molecular flexibility index (Phi) is 5.52. The molecular formula is C21H15ClFN3O3S. The zero-order valence-corrected chi connectivity index (χ0v) is 17.0. The van der Waals surface area contributed by atoms with E-state index in [4.69, 9.17) is 11.6 Å². The Hall–Kier alpha value is -3.23. The maximum Gasteiger partial charge on any atom is 0.336 e. The van der Waals surface area contributed by atoms with E-state index in [2.05, 4.69) is 5.32 Å². The van der Waals surface area contributed by atoms with Gasteiger partial charge in [0.15, 0.2) is 0 Å². The minimum absolute atomic E-state index is 0.206. The Morgan fingerprint density at radius 1 is 1.07 bits per heavy atom. The lowest BCUT2D eigenvalue weighted by Crippen LogP contribution is -2.41. The van der Waals surface area contributed by atoms with Crippen LogP contribution in [0.25, 0.3) is 15.9 Å². The van der Waals surface area contributed by atoms with Gasteiger partial charge in [0.25, 0.3) is 5.56 Å². The number of benzene rings is 2. The molecule has 0 radical (unpaired) electrons. The predicted molar refractivity (Wildman–Crippen MR) is 115 cm³/mol. The summed E-state index contributed by atoms with van der Waals surface area (Å²) in [7, 11) is 0. The van der Waals surface area contributed by atoms with Crippen molar-refractivity contribution in [2.75, 3.05) is 0 Å². The van der Waals surface area contributed by atoms with Crippen molar-refractivity contribution in [3.63, 3.8) is 0 Å². The van der Waals surface area contributed by atoms with Crippen LogP contribution in [0.3, 0.4) is 0 Å². The lowest BCUT2D eigenvalue weighted by Gasteiger charge is -2.13. The van der Waals surface area contributed by atoms with E-state index in [0.29, 0.717) is 15.2 Å². The van der Waals surface area contributed by atoms with E-state index in [0.717, 1.165) is 10.1 Å². The summed E-state index contributed by atoms with van der Waals surface area (Å²) in [5.74, 6) is -0.892. The van der Waals surface area contributed by atoms with Crippen molar-refractivity contribution < 1.29 is 9.18 Å². The number of nitrogens with one attached hydrogen (secondary N) is 1. The first-order valence-corrected chi connectivity index (χ1v) is 10.2. The molecule has 30 heavy (non-hydrogen) atoms. The Morgan fingerprint density at radius 2 is 1.80 bits per heavy atom. The van der Waals surface area contributed by atoms with Crippen LogP contribution in [0.2, 0.25) is 5.02 Å². The van der Waals surface area contributed by atoms with Crippen LogP contribution >= 0.6 is 22.9 Å². The van der Waals surface area contributed by atoms with Gasteiger partial charge >= 0.3 is 5.69 Å². The standard InChI is InChI=1S/C21H15ClFN3O3S/c22-16-4-2-1-3-13(16)11-24-18(27)12-25-17-9-10-30-19(17)20(28)26(21(25)29)15-7-5-14(23)6-8-15/h1-10H,11-12H2,(H,24,27). The number of amides is 1. The molecule has 0 aliphatic carbocycles. The monoisotopic (exact) mass is 443 g/mol. The maximum atomic E-state index is 13.3. The fourth-order valence-corrected chi connectivity index (χ4v) is 4.12. The normalized spacial score (nSPS) is 11.0. The van der Waals surface area contributed by atoms with E-state index in [-0.39, 0.29) is 18.8 Å². The van der Waals surface area contributed by atoms with Gasteiger partial charge in [-0.15, -0.1) is 11.3 Å². The van der Waals surface area contributed by atoms with Crippen LogP contribution < -0.4 is 16.6 Å². The summed E-state index contributed by atoms with van der Waals surface area (Å²) in [6.07, 6.45) is 0. The Balaban J connectivity index is 1.70. The lowest BCUT2D eigenvalue weighted by molar-refractivity contribution is -0.121. The van der Waals surface area contributed by atoms with E-state index in [1.54, 1.807) is 29.6 Å². The molecule has 0 saturated carbocycles. The second kappa shape index (κ2) is 8.25. The molecule has 2 heterocycles. The van der Waals surface area contributed by atoms with Crippen molar-refractivity contribution in [1.29, 1.82) is 0 Å². The molecule has 0 spiro atoms. The fraction of sp³-hybridized carbons (Fsp3) is 0.0952. The minimum atomic E-state index is -0.676. The van der Waals surface area contributed by atoms with E-state index in [1.807, 2.05) is 6.07 Å². The average molecular weight is 444 g/mol. The SMILES string of the molecule is O=C(Cn1c(=O)n(-c2ccc(F)cc2)c(=O)c2sccc21)NCc1ccccc1Cl. The molecule has 2 aromatic carbocycles. The maximum absolute atomic E-state index is 13.3. The van der Waals surface area contributed by atoms with Crippen LogP contribution in [0, 0.1) is 5.82 Å². The molecule has 1 N–H and O–H groups in total. The molecule has 6 nitrogen and oxygen atoms in total. The van der Waals surface area contributed by atoms with Crippen LogP contribution in [-0.4, -0.2) is 15.0 Å². The number of fused-ring (bicyclic) bond motifs is 1. The number of hydrogen-bond donors (Lipinski definition) is 1. The number of nitrogens with zero attached hydrogens (tertiary/aromatic N) is 2. The van der Waals surface area contributed by atoms with Crippen molar-refractivity contribution in [2.24, 2.45) is 0 Å². The highest BCUT2D eigenvalue weighted by atomic mass is 35.5. The number of carbonyl (C=O) groups is 1. The summed E-state index contributed by atoms with van der Waals surface area (Å²) in [4.78, 5) is 38.5. The van der Waals surface area contributed by atoms with Crippen molar-refractivity contribution in [2.45, 2.75) is 13.1 Å². The van der Waals surface area contributed by atoms with E-state index in [9.17, 15) is 18.8 Å². The lowest BCUT2D eigenvalue weighted by atomic mass is 10.2. The quantitative estimate of drug-likeness (QED) is 0.514. The van der Waals surface area contributed by atoms with Crippen LogP contribution in [0.15, 0.2) is 69.6 Å². The summed E-state index contributed by atoms with van der Waals surface area (Å²) in [5.41, 5.74) is 0.166. The first-order chi connectivity index (χ1) is 14.5. The van der Waals surface area contributed by atoms with Crippen molar-refractivity contribution >= 4 is 39.1 Å². The van der Waals surface area contributed by atoms with Crippen LogP contribution in [0.4, 0.5) is 4.39 Å². The van der Waals surface area contributed by atoms with Crippen LogP contribution in [0.5, 0.6) is 0 Å². The predicted octanol–water partition coefficient (Wildman–Crippen LogP) is 3.32. The van der Waals surface area contributed by atoms with Gasteiger partial charge in [0.2, 0.25) is 5.91 Å². The highest BCUT2D eigenvalue weighted by Crippen LogP contribution is 2.17. The van der Waals surface area contributed by atoms with Crippen molar-refractivity contribution in [1.82, 2.24) is 14.5 Å². The largest absolute Gasteiger partial charge is 0.350 e. The molecule has 0 unspecified atom stereocenters. The van der Waals surface area contributed by atoms with Gasteiger partial charge in [-0.1, -0.05) is 29.8 Å².